The molecule has 134 valence electrons. The summed E-state index contributed by atoms with van der Waals surface area (Å²) >= 11 is 1.74. The first-order valence-electron chi connectivity index (χ1n) is 9.15. The molecule has 1 unspecified atom stereocenters. The molecule has 0 fully saturated rings. The second-order valence-corrected chi connectivity index (χ2v) is 8.22. The molecule has 1 aliphatic rings. The molecule has 5 rings (SSSR count). The minimum Gasteiger partial charge on any atom is -0.312 e. The number of rotatable bonds is 4. The van der Waals surface area contributed by atoms with Gasteiger partial charge in [-0.15, -0.1) is 11.3 Å². The molecule has 1 aromatic heterocycles. The van der Waals surface area contributed by atoms with Gasteiger partial charge in [0, 0.05) is 5.39 Å². The van der Waals surface area contributed by atoms with Crippen LogP contribution in [0, 0.1) is 0 Å². The minimum absolute atomic E-state index is 0.0950. The van der Waals surface area contributed by atoms with Crippen LogP contribution in [0.15, 0.2) is 60.7 Å². The van der Waals surface area contributed by atoms with E-state index < -0.39 is 0 Å². The Bertz CT molecular complexity index is 1140. The zero-order valence-corrected chi connectivity index (χ0v) is 16.1. The van der Waals surface area contributed by atoms with Crippen molar-refractivity contribution in [3.8, 4) is 0 Å². The number of nitrogens with zero attached hydrogens (tertiary/aromatic N) is 2. The summed E-state index contributed by atoms with van der Waals surface area (Å²) in [4.78, 5) is 21.0. The van der Waals surface area contributed by atoms with E-state index in [1.165, 1.54) is 9.60 Å². The molecule has 27 heavy (non-hydrogen) atoms. The summed E-state index contributed by atoms with van der Waals surface area (Å²) in [6, 6.07) is 20.5. The Balaban J connectivity index is 1.45. The molecule has 2 heterocycles. The van der Waals surface area contributed by atoms with Gasteiger partial charge in [0.15, 0.2) is 11.7 Å². The van der Waals surface area contributed by atoms with Gasteiger partial charge in [0.2, 0.25) is 0 Å². The van der Waals surface area contributed by atoms with Crippen LogP contribution in [-0.4, -0.2) is 24.6 Å². The third-order valence-electron chi connectivity index (χ3n) is 5.48. The number of fused-ring (bicyclic) bond motifs is 1. The van der Waals surface area contributed by atoms with Crippen LogP contribution < -0.4 is 9.80 Å². The standard InChI is InChI=1S/C22H19N3OS/c1-14(21-23-17-10-3-4-12-19(17)27-21)24(2)13-25-18-11-6-8-15-7-5-9-16(20(15)18)22(25)26/h3-12,14H,13H2,1-2H3/p+1/t14-/m1/s1. The molecule has 1 N–H and O–H groups in total. The Morgan fingerprint density at radius 3 is 2.67 bits per heavy atom. The molecule has 1 amide bonds. The predicted octanol–water partition coefficient (Wildman–Crippen LogP) is 3.64. The lowest BCUT2D eigenvalue weighted by atomic mass is 10.1. The largest absolute Gasteiger partial charge is 0.312 e. The molecule has 2 atom stereocenters. The number of hydrogen-bond donors (Lipinski definition) is 1. The summed E-state index contributed by atoms with van der Waals surface area (Å²) < 4.78 is 1.21. The van der Waals surface area contributed by atoms with E-state index in [4.69, 9.17) is 4.98 Å². The molecule has 5 heteroatoms. The summed E-state index contributed by atoms with van der Waals surface area (Å²) in [7, 11) is 2.13. The van der Waals surface area contributed by atoms with Crippen LogP contribution in [0.1, 0.15) is 28.3 Å². The van der Waals surface area contributed by atoms with E-state index in [0.717, 1.165) is 32.5 Å². The van der Waals surface area contributed by atoms with Gasteiger partial charge in [-0.25, -0.2) is 4.98 Å². The smallest absolute Gasteiger partial charge is 0.263 e. The van der Waals surface area contributed by atoms with Crippen molar-refractivity contribution < 1.29 is 9.69 Å². The normalized spacial score (nSPS) is 15.6. The molecule has 4 aromatic rings. The summed E-state index contributed by atoms with van der Waals surface area (Å²) in [5.41, 5.74) is 2.87. The lowest BCUT2D eigenvalue weighted by Gasteiger charge is -2.26. The van der Waals surface area contributed by atoms with Crippen LogP contribution in [0.4, 0.5) is 5.69 Å². The SMILES string of the molecule is C[C@H](c1nc2ccccc2s1)[NH+](C)CN1C(=O)c2cccc3cccc1c23. The van der Waals surface area contributed by atoms with E-state index in [0.29, 0.717) is 6.67 Å². The molecule has 0 radical (unpaired) electrons. The van der Waals surface area contributed by atoms with Crippen LogP contribution in [0.25, 0.3) is 21.0 Å². The topological polar surface area (TPSA) is 37.6 Å². The van der Waals surface area contributed by atoms with Crippen molar-refractivity contribution in [3.63, 3.8) is 0 Å². The van der Waals surface area contributed by atoms with Crippen molar-refractivity contribution >= 4 is 43.9 Å². The van der Waals surface area contributed by atoms with Gasteiger partial charge in [-0.2, -0.15) is 0 Å². The third kappa shape index (κ3) is 2.54. The molecule has 4 nitrogen and oxygen atoms in total. The fourth-order valence-electron chi connectivity index (χ4n) is 3.81. The lowest BCUT2D eigenvalue weighted by Crippen LogP contribution is -3.10. The fourth-order valence-corrected chi connectivity index (χ4v) is 4.92. The maximum absolute atomic E-state index is 13.0. The number of nitrogens with one attached hydrogen (secondary N) is 1. The molecule has 0 spiro atoms. The monoisotopic (exact) mass is 374 g/mol. The number of para-hydroxylation sites is 1. The van der Waals surface area contributed by atoms with Gasteiger partial charge in [0.05, 0.1) is 28.5 Å². The summed E-state index contributed by atoms with van der Waals surface area (Å²) in [5, 5.41) is 3.30. The van der Waals surface area contributed by atoms with Gasteiger partial charge < -0.3 is 4.90 Å². The number of hydrogen-bond acceptors (Lipinski definition) is 3. The van der Waals surface area contributed by atoms with Gasteiger partial charge >= 0.3 is 0 Å². The highest BCUT2D eigenvalue weighted by atomic mass is 32.1. The summed E-state index contributed by atoms with van der Waals surface area (Å²) in [6.07, 6.45) is 0. The fraction of sp³-hybridized carbons (Fsp3) is 0.182. The van der Waals surface area contributed by atoms with Crippen LogP contribution in [-0.2, 0) is 0 Å². The number of aromatic nitrogens is 1. The maximum atomic E-state index is 13.0. The first-order chi connectivity index (χ1) is 13.1. The number of carbonyl (C=O) groups is 1. The van der Waals surface area contributed by atoms with Crippen molar-refractivity contribution in [2.24, 2.45) is 0 Å². The molecule has 0 bridgehead atoms. The summed E-state index contributed by atoms with van der Waals surface area (Å²) in [6.45, 7) is 2.80. The molecule has 0 saturated carbocycles. The maximum Gasteiger partial charge on any atom is 0.263 e. The van der Waals surface area contributed by atoms with Gasteiger partial charge in [-0.05, 0) is 36.6 Å². The van der Waals surface area contributed by atoms with Gasteiger partial charge in [0.1, 0.15) is 6.04 Å². The van der Waals surface area contributed by atoms with Crippen LogP contribution >= 0.6 is 11.3 Å². The number of benzene rings is 3. The number of anilines is 1. The van der Waals surface area contributed by atoms with E-state index in [-0.39, 0.29) is 11.9 Å². The van der Waals surface area contributed by atoms with E-state index in [1.54, 1.807) is 11.3 Å². The van der Waals surface area contributed by atoms with Crippen molar-refractivity contribution in [1.29, 1.82) is 0 Å². The first kappa shape index (κ1) is 16.4. The van der Waals surface area contributed by atoms with Crippen LogP contribution in [0.3, 0.4) is 0 Å². The number of thiazole rings is 1. The minimum atomic E-state index is 0.0950. The molecular formula is C22H20N3OS+. The molecule has 0 aliphatic carbocycles. The van der Waals surface area contributed by atoms with Gasteiger partial charge in [0.25, 0.3) is 5.91 Å². The highest BCUT2D eigenvalue weighted by Gasteiger charge is 2.33. The second-order valence-electron chi connectivity index (χ2n) is 7.16. The van der Waals surface area contributed by atoms with E-state index in [2.05, 4.69) is 38.2 Å². The van der Waals surface area contributed by atoms with Crippen molar-refractivity contribution in [1.82, 2.24) is 4.98 Å². The van der Waals surface area contributed by atoms with E-state index in [9.17, 15) is 4.79 Å². The molecule has 0 saturated heterocycles. The average Bonchev–Trinajstić information content (AvgIpc) is 3.24. The Morgan fingerprint density at radius 1 is 1.07 bits per heavy atom. The van der Waals surface area contributed by atoms with Gasteiger partial charge in [-0.1, -0.05) is 36.4 Å². The highest BCUT2D eigenvalue weighted by Crippen LogP contribution is 2.36. The van der Waals surface area contributed by atoms with E-state index >= 15 is 0 Å². The Labute approximate surface area is 161 Å². The predicted molar refractivity (Wildman–Crippen MR) is 111 cm³/mol. The van der Waals surface area contributed by atoms with Crippen LogP contribution in [0.2, 0.25) is 0 Å². The second kappa shape index (κ2) is 6.15. The number of carbonyl (C=O) groups excluding carboxylic acids is 1. The Morgan fingerprint density at radius 2 is 1.85 bits per heavy atom. The highest BCUT2D eigenvalue weighted by molar-refractivity contribution is 7.18. The zero-order chi connectivity index (χ0) is 18.5. The Kier molecular flexibility index (Phi) is 3.74. The van der Waals surface area contributed by atoms with Crippen LogP contribution in [0.5, 0.6) is 0 Å². The van der Waals surface area contributed by atoms with Crippen molar-refractivity contribution in [2.45, 2.75) is 13.0 Å². The first-order valence-corrected chi connectivity index (χ1v) is 9.96. The molecule has 1 aliphatic heterocycles. The summed E-state index contributed by atoms with van der Waals surface area (Å²) in [5.74, 6) is 0.0950. The van der Waals surface area contributed by atoms with Crippen molar-refractivity contribution in [3.05, 3.63) is 71.2 Å². The average molecular weight is 374 g/mol. The number of quaternary nitrogens is 1. The third-order valence-corrected chi connectivity index (χ3v) is 6.70. The van der Waals surface area contributed by atoms with E-state index in [1.807, 2.05) is 41.3 Å². The van der Waals surface area contributed by atoms with Gasteiger partial charge in [-0.3, -0.25) is 9.69 Å². The molecular weight excluding hydrogens is 354 g/mol. The van der Waals surface area contributed by atoms with Crippen molar-refractivity contribution in [2.75, 3.05) is 18.6 Å². The quantitative estimate of drug-likeness (QED) is 0.592. The number of amides is 1. The Hall–Kier alpha value is -2.76. The zero-order valence-electron chi connectivity index (χ0n) is 15.3. The molecule has 3 aromatic carbocycles. The lowest BCUT2D eigenvalue weighted by molar-refractivity contribution is -0.908.